The summed E-state index contributed by atoms with van der Waals surface area (Å²) in [6.07, 6.45) is 1.10. The molecule has 0 radical (unpaired) electrons. The van der Waals surface area contributed by atoms with Gasteiger partial charge < -0.3 is 5.32 Å². The first-order valence-corrected chi connectivity index (χ1v) is 10.5. The van der Waals surface area contributed by atoms with Crippen LogP contribution in [0.1, 0.15) is 30.7 Å². The summed E-state index contributed by atoms with van der Waals surface area (Å²) in [5.74, 6) is -0.827. The van der Waals surface area contributed by atoms with Gasteiger partial charge in [-0.15, -0.1) is 11.3 Å². The van der Waals surface area contributed by atoms with Gasteiger partial charge in [-0.05, 0) is 43.3 Å². The third-order valence-corrected chi connectivity index (χ3v) is 5.89. The van der Waals surface area contributed by atoms with Crippen molar-refractivity contribution in [3.63, 3.8) is 0 Å². The predicted octanol–water partition coefficient (Wildman–Crippen LogP) is 2.54. The topological polar surface area (TPSA) is 81.8 Å². The molecule has 29 heavy (non-hydrogen) atoms. The van der Waals surface area contributed by atoms with Crippen LogP contribution in [0.4, 0.5) is 4.79 Å². The molecule has 2 N–H and O–H groups in total. The average molecular weight is 415 g/mol. The summed E-state index contributed by atoms with van der Waals surface area (Å²) in [5.41, 5.74) is 2.52. The van der Waals surface area contributed by atoms with Gasteiger partial charge in [-0.3, -0.25) is 19.9 Å². The molecule has 1 saturated heterocycles. The van der Waals surface area contributed by atoms with E-state index in [1.807, 2.05) is 59.7 Å². The highest BCUT2D eigenvalue weighted by atomic mass is 32.1. The molecule has 1 aromatic heterocycles. The molecule has 3 rings (SSSR count). The summed E-state index contributed by atoms with van der Waals surface area (Å²) in [6.45, 7) is 5.09. The number of thiophene rings is 1. The summed E-state index contributed by atoms with van der Waals surface area (Å²) in [4.78, 5) is 40.7. The molecule has 0 aliphatic carbocycles. The van der Waals surface area contributed by atoms with Crippen LogP contribution in [-0.4, -0.2) is 46.4 Å². The second-order valence-electron chi connectivity index (χ2n) is 7.31. The van der Waals surface area contributed by atoms with E-state index in [-0.39, 0.29) is 12.5 Å². The van der Waals surface area contributed by atoms with Crippen molar-refractivity contribution in [2.45, 2.75) is 38.8 Å². The lowest BCUT2D eigenvalue weighted by Gasteiger charge is -2.23. The van der Waals surface area contributed by atoms with Crippen LogP contribution >= 0.6 is 11.3 Å². The fourth-order valence-corrected chi connectivity index (χ4v) is 4.01. The van der Waals surface area contributed by atoms with E-state index < -0.39 is 17.5 Å². The second-order valence-corrected chi connectivity index (χ2v) is 8.34. The average Bonchev–Trinajstić information content (AvgIpc) is 3.29. The molecule has 1 aromatic carbocycles. The number of hydrogen-bond donors (Lipinski definition) is 2. The minimum absolute atomic E-state index is 0.103. The van der Waals surface area contributed by atoms with Gasteiger partial charge in [0.25, 0.3) is 11.8 Å². The minimum atomic E-state index is -1.04. The highest BCUT2D eigenvalue weighted by Gasteiger charge is 2.48. The van der Waals surface area contributed by atoms with Gasteiger partial charge in [0.15, 0.2) is 0 Å². The van der Waals surface area contributed by atoms with Crippen LogP contribution in [0.2, 0.25) is 0 Å². The van der Waals surface area contributed by atoms with Crippen LogP contribution in [0.15, 0.2) is 47.8 Å². The lowest BCUT2D eigenvalue weighted by Crippen LogP contribution is -2.51. The molecule has 7 nitrogen and oxygen atoms in total. The Morgan fingerprint density at radius 2 is 1.97 bits per heavy atom. The molecule has 2 heterocycles. The van der Waals surface area contributed by atoms with E-state index in [1.165, 1.54) is 0 Å². The Hall–Kier alpha value is -2.71. The Morgan fingerprint density at radius 1 is 1.21 bits per heavy atom. The zero-order valence-electron chi connectivity index (χ0n) is 16.7. The molecule has 4 amide bonds. The van der Waals surface area contributed by atoms with Crippen LogP contribution in [-0.2, 0) is 22.6 Å². The Morgan fingerprint density at radius 3 is 2.62 bits per heavy atom. The molecule has 0 bridgehead atoms. The van der Waals surface area contributed by atoms with Crippen molar-refractivity contribution in [2.75, 3.05) is 13.1 Å². The number of hydrazine groups is 1. The SMILES string of the molecule is CCN(CC(=O)NN1C(=O)N[C@@](C)(CCc2ccccc2)C1=O)Cc1cccs1. The van der Waals surface area contributed by atoms with Crippen molar-refractivity contribution in [1.82, 2.24) is 20.7 Å². The Balaban J connectivity index is 1.56. The maximum atomic E-state index is 12.8. The van der Waals surface area contributed by atoms with E-state index in [0.29, 0.717) is 25.9 Å². The number of benzene rings is 1. The fourth-order valence-electron chi connectivity index (χ4n) is 3.26. The number of nitrogens with one attached hydrogen (secondary N) is 2. The lowest BCUT2D eigenvalue weighted by molar-refractivity contribution is -0.139. The van der Waals surface area contributed by atoms with E-state index in [1.54, 1.807) is 18.3 Å². The zero-order valence-corrected chi connectivity index (χ0v) is 17.5. The van der Waals surface area contributed by atoms with Gasteiger partial charge in [-0.1, -0.05) is 43.3 Å². The summed E-state index contributed by atoms with van der Waals surface area (Å²) in [5, 5.41) is 5.52. The molecule has 154 valence electrons. The second kappa shape index (κ2) is 9.19. The summed E-state index contributed by atoms with van der Waals surface area (Å²) < 4.78 is 0. The molecule has 2 aromatic rings. The smallest absolute Gasteiger partial charge is 0.322 e. The minimum Gasteiger partial charge on any atom is -0.322 e. The molecule has 0 saturated carbocycles. The Kier molecular flexibility index (Phi) is 6.66. The van der Waals surface area contributed by atoms with Crippen molar-refractivity contribution < 1.29 is 14.4 Å². The first-order chi connectivity index (χ1) is 13.9. The Labute approximate surface area is 174 Å². The number of likely N-dealkylation sites (N-methyl/N-ethyl adjacent to an activating group) is 1. The lowest BCUT2D eigenvalue weighted by atomic mass is 9.93. The van der Waals surface area contributed by atoms with Crippen molar-refractivity contribution in [1.29, 1.82) is 0 Å². The van der Waals surface area contributed by atoms with Crippen LogP contribution < -0.4 is 10.7 Å². The number of amides is 4. The standard InChI is InChI=1S/C21H26N4O3S/c1-3-24(14-17-10-7-13-29-17)15-18(26)23-25-19(27)21(2,22-20(25)28)12-11-16-8-5-4-6-9-16/h4-10,13H,3,11-12,14-15H2,1-2H3,(H,22,28)(H,23,26)/t21-/m0/s1. The summed E-state index contributed by atoms with van der Waals surface area (Å²) >= 11 is 1.63. The van der Waals surface area contributed by atoms with Gasteiger partial charge in [0.1, 0.15) is 5.54 Å². The molecule has 1 aliphatic rings. The van der Waals surface area contributed by atoms with Crippen LogP contribution in [0.25, 0.3) is 0 Å². The molecule has 0 spiro atoms. The third kappa shape index (κ3) is 5.21. The summed E-state index contributed by atoms with van der Waals surface area (Å²) in [6, 6.07) is 13.2. The van der Waals surface area contributed by atoms with Gasteiger partial charge >= 0.3 is 6.03 Å². The van der Waals surface area contributed by atoms with Crippen molar-refractivity contribution in [3.05, 3.63) is 58.3 Å². The number of imide groups is 1. The zero-order chi connectivity index (χ0) is 20.9. The van der Waals surface area contributed by atoms with Gasteiger partial charge in [-0.2, -0.15) is 5.01 Å². The number of rotatable bonds is 9. The molecule has 8 heteroatoms. The van der Waals surface area contributed by atoms with Crippen LogP contribution in [0.5, 0.6) is 0 Å². The number of carbonyl (C=O) groups excluding carboxylic acids is 3. The number of hydrogen-bond acceptors (Lipinski definition) is 5. The number of carbonyl (C=O) groups is 3. The highest BCUT2D eigenvalue weighted by molar-refractivity contribution is 7.09. The van der Waals surface area contributed by atoms with Crippen molar-refractivity contribution in [3.8, 4) is 0 Å². The van der Waals surface area contributed by atoms with Gasteiger partial charge in [0.2, 0.25) is 0 Å². The summed E-state index contributed by atoms with van der Waals surface area (Å²) in [7, 11) is 0. The van der Waals surface area contributed by atoms with E-state index in [0.717, 1.165) is 15.4 Å². The maximum absolute atomic E-state index is 12.8. The molecule has 1 fully saturated rings. The van der Waals surface area contributed by atoms with E-state index in [4.69, 9.17) is 0 Å². The first-order valence-electron chi connectivity index (χ1n) is 9.66. The molecular weight excluding hydrogens is 388 g/mol. The highest BCUT2D eigenvalue weighted by Crippen LogP contribution is 2.22. The molecular formula is C21H26N4O3S. The van der Waals surface area contributed by atoms with Crippen molar-refractivity contribution >= 4 is 29.2 Å². The van der Waals surface area contributed by atoms with Crippen molar-refractivity contribution in [2.24, 2.45) is 0 Å². The number of nitrogens with zero attached hydrogens (tertiary/aromatic N) is 2. The monoisotopic (exact) mass is 414 g/mol. The first kappa shape index (κ1) is 21.0. The molecule has 1 atom stereocenters. The van der Waals surface area contributed by atoms with E-state index in [2.05, 4.69) is 10.7 Å². The normalized spacial score (nSPS) is 18.9. The quantitative estimate of drug-likeness (QED) is 0.618. The van der Waals surface area contributed by atoms with Gasteiger partial charge in [-0.25, -0.2) is 4.79 Å². The van der Waals surface area contributed by atoms with E-state index >= 15 is 0 Å². The predicted molar refractivity (Wildman–Crippen MR) is 112 cm³/mol. The third-order valence-electron chi connectivity index (χ3n) is 5.03. The molecule has 0 unspecified atom stereocenters. The van der Waals surface area contributed by atoms with Gasteiger partial charge in [0.05, 0.1) is 6.54 Å². The largest absolute Gasteiger partial charge is 0.344 e. The Bertz CT molecular complexity index is 856. The fraction of sp³-hybridized carbons (Fsp3) is 0.381. The van der Waals surface area contributed by atoms with Crippen LogP contribution in [0, 0.1) is 0 Å². The number of urea groups is 1. The van der Waals surface area contributed by atoms with E-state index in [9.17, 15) is 14.4 Å². The van der Waals surface area contributed by atoms with Gasteiger partial charge in [0, 0.05) is 11.4 Å². The number of aryl methyl sites for hydroxylation is 1. The van der Waals surface area contributed by atoms with Crippen LogP contribution in [0.3, 0.4) is 0 Å². The molecule has 1 aliphatic heterocycles. The maximum Gasteiger partial charge on any atom is 0.344 e.